The summed E-state index contributed by atoms with van der Waals surface area (Å²) in [5.74, 6) is 0.582. The van der Waals surface area contributed by atoms with Crippen LogP contribution in [0.25, 0.3) is 5.57 Å². The molecule has 0 amide bonds. The zero-order valence-corrected chi connectivity index (χ0v) is 11.7. The average molecular weight is 249 g/mol. The second-order valence-electron chi connectivity index (χ2n) is 6.16. The zero-order chi connectivity index (χ0) is 13.0. The molecule has 1 fully saturated rings. The summed E-state index contributed by atoms with van der Waals surface area (Å²) in [7, 11) is 0. The second kappa shape index (κ2) is 3.93. The van der Waals surface area contributed by atoms with Crippen LogP contribution in [-0.4, -0.2) is 0 Å². The normalized spacial score (nSPS) is 20.2. The van der Waals surface area contributed by atoms with Crippen LogP contribution in [0.4, 0.5) is 0 Å². The summed E-state index contributed by atoms with van der Waals surface area (Å²) in [6, 6.07) is 6.77. The van der Waals surface area contributed by atoms with Crippen molar-refractivity contribution >= 4 is 5.57 Å². The quantitative estimate of drug-likeness (QED) is 0.723. The van der Waals surface area contributed by atoms with E-state index in [1.807, 2.05) is 0 Å². The molecule has 0 unspecified atom stereocenters. The first-order chi connectivity index (χ1) is 9.24. The van der Waals surface area contributed by atoms with Crippen molar-refractivity contribution in [2.24, 2.45) is 4.99 Å². The minimum atomic E-state index is 0.582. The molecule has 1 aliphatic heterocycles. The fraction of sp³-hybridized carbons (Fsp3) is 0.389. The summed E-state index contributed by atoms with van der Waals surface area (Å²) in [6.07, 6.45) is 7.54. The van der Waals surface area contributed by atoms with E-state index in [0.717, 1.165) is 0 Å². The summed E-state index contributed by atoms with van der Waals surface area (Å²) < 4.78 is 0. The van der Waals surface area contributed by atoms with Crippen LogP contribution in [0, 0.1) is 0 Å². The third-order valence-corrected chi connectivity index (χ3v) is 4.58. The summed E-state index contributed by atoms with van der Waals surface area (Å²) in [6.45, 7) is 4.51. The van der Waals surface area contributed by atoms with Gasteiger partial charge in [-0.15, -0.1) is 0 Å². The molecule has 0 aromatic heterocycles. The SMILES string of the molecule is CC(C)c1ccc2c(c1)=C1C=C3CCCCC3=C1N=2. The number of fused-ring (bicyclic) bond motifs is 3. The molecule has 0 N–H and O–H groups in total. The van der Waals surface area contributed by atoms with Gasteiger partial charge >= 0.3 is 0 Å². The van der Waals surface area contributed by atoms with Crippen molar-refractivity contribution in [1.82, 2.24) is 0 Å². The zero-order valence-electron chi connectivity index (χ0n) is 11.7. The highest BCUT2D eigenvalue weighted by Crippen LogP contribution is 2.41. The van der Waals surface area contributed by atoms with Gasteiger partial charge < -0.3 is 0 Å². The van der Waals surface area contributed by atoms with Crippen molar-refractivity contribution in [2.45, 2.75) is 45.4 Å². The van der Waals surface area contributed by atoms with Gasteiger partial charge in [-0.2, -0.15) is 0 Å². The highest BCUT2D eigenvalue weighted by Gasteiger charge is 2.26. The summed E-state index contributed by atoms with van der Waals surface area (Å²) in [5, 5.41) is 2.53. The van der Waals surface area contributed by atoms with Gasteiger partial charge in [-0.05, 0) is 66.5 Å². The Kier molecular flexibility index (Phi) is 2.32. The Bertz CT molecular complexity index is 744. The molecular weight excluding hydrogens is 230 g/mol. The molecule has 1 aromatic rings. The van der Waals surface area contributed by atoms with Crippen LogP contribution in [-0.2, 0) is 0 Å². The predicted octanol–water partition coefficient (Wildman–Crippen LogP) is 3.36. The lowest BCUT2D eigenvalue weighted by Crippen LogP contribution is -2.23. The highest BCUT2D eigenvalue weighted by molar-refractivity contribution is 5.83. The van der Waals surface area contributed by atoms with Crippen molar-refractivity contribution in [3.05, 3.63) is 57.3 Å². The van der Waals surface area contributed by atoms with Gasteiger partial charge in [0.05, 0.1) is 11.1 Å². The van der Waals surface area contributed by atoms with E-state index < -0.39 is 0 Å². The van der Waals surface area contributed by atoms with Crippen molar-refractivity contribution < 1.29 is 0 Å². The van der Waals surface area contributed by atoms with Crippen LogP contribution in [0.15, 0.2) is 46.1 Å². The first-order valence-electron chi connectivity index (χ1n) is 7.41. The lowest BCUT2D eigenvalue weighted by atomic mass is 9.91. The molecule has 1 heterocycles. The Morgan fingerprint density at radius 2 is 1.95 bits per heavy atom. The van der Waals surface area contributed by atoms with Gasteiger partial charge in [0.2, 0.25) is 0 Å². The van der Waals surface area contributed by atoms with E-state index in [9.17, 15) is 0 Å². The standard InChI is InChI=1S/C18H19N/c1-11(2)12-7-8-17-15(9-12)16-10-13-5-3-4-6-14(13)18(16)19-17/h7-11H,3-6H2,1-2H3. The van der Waals surface area contributed by atoms with Gasteiger partial charge in [-0.1, -0.05) is 19.9 Å². The van der Waals surface area contributed by atoms with Crippen molar-refractivity contribution in [3.63, 3.8) is 0 Å². The molecule has 1 nitrogen and oxygen atoms in total. The van der Waals surface area contributed by atoms with E-state index in [1.54, 1.807) is 5.57 Å². The molecule has 0 spiro atoms. The minimum Gasteiger partial charge on any atom is -0.247 e. The number of hydrogen-bond donors (Lipinski definition) is 0. The Morgan fingerprint density at radius 3 is 2.79 bits per heavy atom. The van der Waals surface area contributed by atoms with Gasteiger partial charge in [-0.3, -0.25) is 0 Å². The predicted molar refractivity (Wildman–Crippen MR) is 78.3 cm³/mol. The van der Waals surface area contributed by atoms with E-state index in [2.05, 4.69) is 38.1 Å². The van der Waals surface area contributed by atoms with Crippen molar-refractivity contribution in [3.8, 4) is 0 Å². The molecule has 3 aliphatic rings. The van der Waals surface area contributed by atoms with Crippen LogP contribution in [0.5, 0.6) is 0 Å². The minimum absolute atomic E-state index is 0.582. The van der Waals surface area contributed by atoms with Crippen molar-refractivity contribution in [1.29, 1.82) is 0 Å². The maximum absolute atomic E-state index is 4.89. The molecule has 0 atom stereocenters. The van der Waals surface area contributed by atoms with Gasteiger partial charge in [-0.25, -0.2) is 4.99 Å². The van der Waals surface area contributed by atoms with E-state index in [4.69, 9.17) is 4.99 Å². The maximum Gasteiger partial charge on any atom is 0.0751 e. The molecule has 4 rings (SSSR count). The third kappa shape index (κ3) is 1.57. The summed E-state index contributed by atoms with van der Waals surface area (Å²) >= 11 is 0. The molecule has 96 valence electrons. The fourth-order valence-corrected chi connectivity index (χ4v) is 3.44. The van der Waals surface area contributed by atoms with E-state index in [1.165, 1.54) is 58.7 Å². The lowest BCUT2D eigenvalue weighted by molar-refractivity contribution is 0.679. The molecule has 0 radical (unpaired) electrons. The molecule has 1 aromatic carbocycles. The Labute approximate surface area is 114 Å². The molecule has 2 aliphatic carbocycles. The summed E-state index contributed by atoms with van der Waals surface area (Å²) in [4.78, 5) is 4.89. The monoisotopic (exact) mass is 249 g/mol. The molecule has 0 bridgehead atoms. The fourth-order valence-electron chi connectivity index (χ4n) is 3.44. The van der Waals surface area contributed by atoms with Gasteiger partial charge in [0.15, 0.2) is 0 Å². The highest BCUT2D eigenvalue weighted by atomic mass is 14.8. The molecule has 19 heavy (non-hydrogen) atoms. The molecule has 1 heteroatoms. The van der Waals surface area contributed by atoms with E-state index in [-0.39, 0.29) is 0 Å². The van der Waals surface area contributed by atoms with Crippen molar-refractivity contribution in [2.75, 3.05) is 0 Å². The maximum atomic E-state index is 4.89. The number of allylic oxidation sites excluding steroid dienone is 3. The Hall–Kier alpha value is -1.63. The first kappa shape index (κ1) is 11.2. The first-order valence-corrected chi connectivity index (χ1v) is 7.41. The van der Waals surface area contributed by atoms with Crippen LogP contribution in [0.1, 0.15) is 51.0 Å². The number of rotatable bonds is 1. The number of nitrogens with zero attached hydrogens (tertiary/aromatic N) is 1. The van der Waals surface area contributed by atoms with Crippen LogP contribution < -0.4 is 10.6 Å². The van der Waals surface area contributed by atoms with E-state index >= 15 is 0 Å². The van der Waals surface area contributed by atoms with Gasteiger partial charge in [0.25, 0.3) is 0 Å². The molecular formula is C18H19N. The molecule has 1 saturated carbocycles. The third-order valence-electron chi connectivity index (χ3n) is 4.58. The Morgan fingerprint density at radius 1 is 1.11 bits per heavy atom. The van der Waals surface area contributed by atoms with Gasteiger partial charge in [0.1, 0.15) is 0 Å². The topological polar surface area (TPSA) is 12.4 Å². The Balaban J connectivity index is 1.99. The van der Waals surface area contributed by atoms with Gasteiger partial charge in [0, 0.05) is 10.8 Å². The lowest BCUT2D eigenvalue weighted by Gasteiger charge is -2.14. The number of hydrogen-bond acceptors (Lipinski definition) is 1. The van der Waals surface area contributed by atoms with Crippen LogP contribution in [0.3, 0.4) is 0 Å². The van der Waals surface area contributed by atoms with E-state index in [0.29, 0.717) is 5.92 Å². The number of benzene rings is 1. The summed E-state index contributed by atoms with van der Waals surface area (Å²) in [5.41, 5.74) is 7.18. The van der Waals surface area contributed by atoms with Crippen LogP contribution in [0.2, 0.25) is 0 Å². The average Bonchev–Trinajstić information content (AvgIpc) is 2.94. The van der Waals surface area contributed by atoms with Crippen LogP contribution >= 0.6 is 0 Å². The second-order valence-corrected chi connectivity index (χ2v) is 6.16. The molecule has 0 saturated heterocycles. The largest absolute Gasteiger partial charge is 0.247 e. The smallest absolute Gasteiger partial charge is 0.0751 e.